The molecule has 4 unspecified atom stereocenters. The molecule has 116 valence electrons. The van der Waals surface area contributed by atoms with Crippen molar-refractivity contribution in [1.82, 2.24) is 0 Å². The molecule has 0 fully saturated rings. The third-order valence-electron chi connectivity index (χ3n) is 3.36. The predicted octanol–water partition coefficient (Wildman–Crippen LogP) is 2.87. The SMILES string of the molecule is CCOC(C)(SSSC(C)(OCC)C(C)[SiH3])C(C)[SiH3]. The van der Waals surface area contributed by atoms with Gasteiger partial charge in [-0.3, -0.25) is 0 Å². The molecule has 0 aromatic rings. The average Bonchev–Trinajstić information content (AvgIpc) is 2.29. The lowest BCUT2D eigenvalue weighted by Crippen LogP contribution is -2.30. The monoisotopic (exact) mass is 358 g/mol. The Bertz CT molecular complexity index is 233. The van der Waals surface area contributed by atoms with E-state index in [0.717, 1.165) is 33.7 Å². The van der Waals surface area contributed by atoms with E-state index in [9.17, 15) is 0 Å². The normalized spacial score (nSPS) is 21.8. The number of rotatable bonds is 10. The summed E-state index contributed by atoms with van der Waals surface area (Å²) in [4.78, 5) is -0.139. The third-order valence-corrected chi connectivity index (χ3v) is 12.0. The van der Waals surface area contributed by atoms with E-state index in [1.54, 1.807) is 0 Å². The van der Waals surface area contributed by atoms with Gasteiger partial charge in [-0.25, -0.2) is 0 Å². The molecule has 19 heavy (non-hydrogen) atoms. The summed E-state index contributed by atoms with van der Waals surface area (Å²) in [6.07, 6.45) is 0. The molecule has 0 saturated carbocycles. The quantitative estimate of drug-likeness (QED) is 0.338. The van der Waals surface area contributed by atoms with E-state index >= 15 is 0 Å². The topological polar surface area (TPSA) is 18.5 Å². The Morgan fingerprint density at radius 1 is 0.895 bits per heavy atom. The first kappa shape index (κ1) is 20.4. The second-order valence-corrected chi connectivity index (χ2v) is 13.6. The summed E-state index contributed by atoms with van der Waals surface area (Å²) in [7, 11) is 7.84. The van der Waals surface area contributed by atoms with Crippen molar-refractivity contribution in [2.75, 3.05) is 13.2 Å². The van der Waals surface area contributed by atoms with Gasteiger partial charge in [0, 0.05) is 33.7 Å². The van der Waals surface area contributed by atoms with Crippen molar-refractivity contribution < 1.29 is 9.47 Å². The van der Waals surface area contributed by atoms with Gasteiger partial charge in [-0.15, -0.1) is 0 Å². The zero-order valence-corrected chi connectivity index (χ0v) is 20.1. The second kappa shape index (κ2) is 9.43. The van der Waals surface area contributed by atoms with Gasteiger partial charge < -0.3 is 9.47 Å². The summed E-state index contributed by atoms with van der Waals surface area (Å²) >= 11 is 0. The van der Waals surface area contributed by atoms with Gasteiger partial charge in [-0.1, -0.05) is 13.8 Å². The molecule has 0 saturated heterocycles. The smallest absolute Gasteiger partial charge is 0.120 e. The standard InChI is InChI=1S/C12H30O2S3Si2/c1-7-13-11(5,9(3)18)15-17-16-12(6,10(4)19)14-8-2/h9-10H,7-8H2,1-6,18-19H3. The van der Waals surface area contributed by atoms with Crippen molar-refractivity contribution >= 4 is 51.9 Å². The fraction of sp³-hybridized carbons (Fsp3) is 1.00. The van der Waals surface area contributed by atoms with Crippen LogP contribution in [0.2, 0.25) is 11.1 Å². The van der Waals surface area contributed by atoms with Gasteiger partial charge in [-0.2, -0.15) is 0 Å². The van der Waals surface area contributed by atoms with Crippen molar-refractivity contribution in [3.63, 3.8) is 0 Å². The Balaban J connectivity index is 4.45. The van der Waals surface area contributed by atoms with E-state index in [1.165, 1.54) is 0 Å². The third kappa shape index (κ3) is 6.80. The van der Waals surface area contributed by atoms with Crippen LogP contribution in [0.25, 0.3) is 0 Å². The molecule has 0 heterocycles. The molecule has 0 N–H and O–H groups in total. The highest BCUT2D eigenvalue weighted by Crippen LogP contribution is 2.54. The predicted molar refractivity (Wildman–Crippen MR) is 102 cm³/mol. The molecular formula is C12H30O2S3Si2. The number of hydrogen-bond donors (Lipinski definition) is 0. The lowest BCUT2D eigenvalue weighted by atomic mass is 10.3. The minimum Gasteiger partial charge on any atom is -0.364 e. The second-order valence-electron chi connectivity index (χ2n) is 5.44. The van der Waals surface area contributed by atoms with E-state index in [4.69, 9.17) is 9.47 Å². The van der Waals surface area contributed by atoms with E-state index in [-0.39, 0.29) is 9.87 Å². The van der Waals surface area contributed by atoms with Crippen LogP contribution in [-0.4, -0.2) is 43.6 Å². The summed E-state index contributed by atoms with van der Waals surface area (Å²) in [6, 6.07) is 0. The van der Waals surface area contributed by atoms with Gasteiger partial charge in [-0.05, 0) is 70.2 Å². The molecule has 4 atom stereocenters. The van der Waals surface area contributed by atoms with Crippen molar-refractivity contribution in [3.8, 4) is 0 Å². The molecule has 0 amide bonds. The van der Waals surface area contributed by atoms with Crippen LogP contribution in [0.1, 0.15) is 41.5 Å². The van der Waals surface area contributed by atoms with Crippen LogP contribution >= 0.6 is 31.4 Å². The maximum absolute atomic E-state index is 5.96. The van der Waals surface area contributed by atoms with E-state index in [0.29, 0.717) is 11.1 Å². The summed E-state index contributed by atoms with van der Waals surface area (Å²) < 4.78 is 11.9. The van der Waals surface area contributed by atoms with E-state index in [2.05, 4.69) is 41.5 Å². The molecule has 0 bridgehead atoms. The lowest BCUT2D eigenvalue weighted by molar-refractivity contribution is 0.0474. The van der Waals surface area contributed by atoms with Crippen molar-refractivity contribution in [2.24, 2.45) is 0 Å². The summed E-state index contributed by atoms with van der Waals surface area (Å²) in [5.41, 5.74) is 1.25. The first-order valence-electron chi connectivity index (χ1n) is 7.03. The summed E-state index contributed by atoms with van der Waals surface area (Å²) in [5, 5.41) is 0. The van der Waals surface area contributed by atoms with Crippen molar-refractivity contribution in [2.45, 2.75) is 62.5 Å². The summed E-state index contributed by atoms with van der Waals surface area (Å²) in [5.74, 6) is 0. The van der Waals surface area contributed by atoms with Gasteiger partial charge in [0.25, 0.3) is 0 Å². The largest absolute Gasteiger partial charge is 0.364 e. The van der Waals surface area contributed by atoms with Gasteiger partial charge in [0.2, 0.25) is 0 Å². The van der Waals surface area contributed by atoms with Crippen molar-refractivity contribution in [3.05, 3.63) is 0 Å². The zero-order chi connectivity index (χ0) is 15.1. The van der Waals surface area contributed by atoms with Crippen LogP contribution in [0.4, 0.5) is 0 Å². The molecular weight excluding hydrogens is 329 g/mol. The first-order chi connectivity index (χ1) is 8.72. The molecule has 0 radical (unpaired) electrons. The maximum Gasteiger partial charge on any atom is 0.120 e. The molecule has 0 aliphatic carbocycles. The Hall–Kier alpha value is 1.40. The minimum absolute atomic E-state index is 0.0693. The maximum atomic E-state index is 5.96. The fourth-order valence-electron chi connectivity index (χ4n) is 1.30. The number of hydrogen-bond acceptors (Lipinski definition) is 5. The lowest BCUT2D eigenvalue weighted by Gasteiger charge is -2.35. The van der Waals surface area contributed by atoms with Crippen LogP contribution < -0.4 is 0 Å². The van der Waals surface area contributed by atoms with E-state index in [1.807, 2.05) is 31.4 Å². The highest BCUT2D eigenvalue weighted by molar-refractivity contribution is 9.09. The Morgan fingerprint density at radius 3 is 1.42 bits per heavy atom. The van der Waals surface area contributed by atoms with Gasteiger partial charge >= 0.3 is 0 Å². The molecule has 0 aliphatic rings. The first-order valence-corrected chi connectivity index (χ1v) is 12.8. The fourth-order valence-corrected chi connectivity index (χ4v) is 9.48. The Morgan fingerprint density at radius 2 is 1.21 bits per heavy atom. The Kier molecular flexibility index (Phi) is 10.1. The van der Waals surface area contributed by atoms with Gasteiger partial charge in [0.1, 0.15) is 9.87 Å². The molecule has 0 spiro atoms. The Labute approximate surface area is 136 Å². The van der Waals surface area contributed by atoms with Crippen LogP contribution in [-0.2, 0) is 9.47 Å². The van der Waals surface area contributed by atoms with Crippen LogP contribution in [0.15, 0.2) is 0 Å². The van der Waals surface area contributed by atoms with Gasteiger partial charge in [0.05, 0.1) is 0 Å². The van der Waals surface area contributed by atoms with Crippen LogP contribution in [0, 0.1) is 0 Å². The molecule has 0 rings (SSSR count). The van der Waals surface area contributed by atoms with Crippen molar-refractivity contribution in [1.29, 1.82) is 0 Å². The molecule has 7 heteroatoms. The number of ether oxygens (including phenoxy) is 2. The highest BCUT2D eigenvalue weighted by Gasteiger charge is 2.34. The average molecular weight is 359 g/mol. The van der Waals surface area contributed by atoms with Crippen LogP contribution in [0.5, 0.6) is 0 Å². The molecule has 0 aromatic heterocycles. The van der Waals surface area contributed by atoms with Gasteiger partial charge in [0.15, 0.2) is 0 Å². The highest BCUT2D eigenvalue weighted by atomic mass is 33.5. The molecule has 0 aromatic carbocycles. The summed E-state index contributed by atoms with van der Waals surface area (Å²) in [6.45, 7) is 14.7. The minimum atomic E-state index is -0.0693. The molecule has 0 aliphatic heterocycles. The van der Waals surface area contributed by atoms with E-state index < -0.39 is 0 Å². The zero-order valence-electron chi connectivity index (χ0n) is 13.6. The van der Waals surface area contributed by atoms with Crippen LogP contribution in [0.3, 0.4) is 0 Å². The molecule has 2 nitrogen and oxygen atoms in total.